The number of hydrogen-bond donors (Lipinski definition) is 4. The fourth-order valence-electron chi connectivity index (χ4n) is 8.39. The molecular weight excluding hydrogens is 968 g/mol. The van der Waals surface area contributed by atoms with Gasteiger partial charge in [-0.15, -0.1) is 0 Å². The van der Waals surface area contributed by atoms with Crippen LogP contribution in [0, 0.1) is 18.6 Å². The Bertz CT molecular complexity index is 2410. The van der Waals surface area contributed by atoms with Gasteiger partial charge in [-0.1, -0.05) is 35.9 Å². The van der Waals surface area contributed by atoms with Crippen LogP contribution in [0.15, 0.2) is 54.2 Å². The van der Waals surface area contributed by atoms with E-state index in [0.29, 0.717) is 75.3 Å². The van der Waals surface area contributed by atoms with Crippen LogP contribution in [-0.4, -0.2) is 142 Å². The van der Waals surface area contributed by atoms with Crippen molar-refractivity contribution in [2.45, 2.75) is 102 Å². The highest BCUT2D eigenvalue weighted by Gasteiger charge is 2.51. The Balaban J connectivity index is 1.20. The van der Waals surface area contributed by atoms with Crippen LogP contribution in [0.3, 0.4) is 0 Å². The molecule has 20 nitrogen and oxygen atoms in total. The number of ether oxygens (including phenoxy) is 4. The Morgan fingerprint density at radius 1 is 0.786 bits per heavy atom. The van der Waals surface area contributed by atoms with Gasteiger partial charge in [-0.3, -0.25) is 45.2 Å². The number of rotatable bonds is 26. The summed E-state index contributed by atoms with van der Waals surface area (Å²) in [6, 6.07) is 8.87. The van der Waals surface area contributed by atoms with Gasteiger partial charge < -0.3 is 23.8 Å². The van der Waals surface area contributed by atoms with Crippen LogP contribution in [0.5, 0.6) is 5.75 Å². The number of benzene rings is 2. The van der Waals surface area contributed by atoms with Crippen LogP contribution in [0.2, 0.25) is 5.02 Å². The SMILES string of the molecule is Cc1c(CN(C(=O)C2=C(c3ccc(CCCOc4c(F)ccc(F)c4Cl)cc3)CC3CS(=O)(=O)CC2N3C(=O)OCCCCON(O)O)C2CC2)ccnc1CCCOC(=O)OCCCCON(O)O. The molecule has 2 aliphatic heterocycles. The van der Waals surface area contributed by atoms with E-state index >= 15 is 4.79 Å². The zero-order valence-electron chi connectivity index (χ0n) is 38.6. The van der Waals surface area contributed by atoms with Crippen LogP contribution in [0.25, 0.3) is 5.57 Å². The lowest BCUT2D eigenvalue weighted by molar-refractivity contribution is -0.492. The van der Waals surface area contributed by atoms with Crippen molar-refractivity contribution in [1.82, 2.24) is 25.6 Å². The van der Waals surface area contributed by atoms with Gasteiger partial charge in [0.1, 0.15) is 10.8 Å². The number of carbonyl (C=O) groups excluding carboxylic acids is 3. The first kappa shape index (κ1) is 54.3. The monoisotopic (exact) mass is 1030 g/mol. The maximum Gasteiger partial charge on any atom is 0.508 e. The lowest BCUT2D eigenvalue weighted by Crippen LogP contribution is -2.61. The minimum atomic E-state index is -3.75. The highest BCUT2D eigenvalue weighted by Crippen LogP contribution is 2.42. The smallest absolute Gasteiger partial charge is 0.489 e. The number of amides is 2. The second kappa shape index (κ2) is 25.9. The molecule has 1 aromatic heterocycles. The molecule has 24 heteroatoms. The molecule has 70 heavy (non-hydrogen) atoms. The minimum Gasteiger partial charge on any atom is -0.489 e. The average molecular weight is 1030 g/mol. The van der Waals surface area contributed by atoms with Crippen molar-refractivity contribution < 1.29 is 81.0 Å². The molecule has 2 bridgehead atoms. The minimum absolute atomic E-state index is 0.0144. The quantitative estimate of drug-likeness (QED) is 0.0275. The normalized spacial score (nSPS) is 17.5. The third kappa shape index (κ3) is 15.5. The van der Waals surface area contributed by atoms with Gasteiger partial charge in [-0.05, 0) is 124 Å². The summed E-state index contributed by atoms with van der Waals surface area (Å²) in [5.74, 6) is -3.23. The Labute approximate surface area is 408 Å². The number of aryl methyl sites for hydroxylation is 2. The molecule has 1 saturated heterocycles. The molecule has 2 atom stereocenters. The zero-order valence-corrected chi connectivity index (χ0v) is 40.1. The lowest BCUT2D eigenvalue weighted by atomic mass is 9.84. The molecule has 384 valence electrons. The first-order chi connectivity index (χ1) is 33.5. The predicted molar refractivity (Wildman–Crippen MR) is 242 cm³/mol. The van der Waals surface area contributed by atoms with Gasteiger partial charge in [0.2, 0.25) is 0 Å². The molecule has 2 unspecified atom stereocenters. The summed E-state index contributed by atoms with van der Waals surface area (Å²) in [6.45, 7) is 2.05. The van der Waals surface area contributed by atoms with E-state index in [2.05, 4.69) is 14.7 Å². The molecule has 3 aromatic rings. The fourth-order valence-corrected chi connectivity index (χ4v) is 10.4. The maximum atomic E-state index is 15.3. The van der Waals surface area contributed by atoms with Crippen LogP contribution in [-0.2, 0) is 57.9 Å². The van der Waals surface area contributed by atoms with Gasteiger partial charge in [0, 0.05) is 30.1 Å². The van der Waals surface area contributed by atoms with Crippen LogP contribution in [0.4, 0.5) is 18.4 Å². The molecule has 3 heterocycles. The summed E-state index contributed by atoms with van der Waals surface area (Å²) >= 11 is 5.91. The van der Waals surface area contributed by atoms with Gasteiger partial charge in [0.15, 0.2) is 21.4 Å². The second-order valence-corrected chi connectivity index (χ2v) is 19.6. The van der Waals surface area contributed by atoms with E-state index in [4.69, 9.17) is 51.4 Å². The number of pyridine rings is 1. The number of hydrogen-bond acceptors (Lipinski definition) is 18. The summed E-state index contributed by atoms with van der Waals surface area (Å²) in [6.07, 6.45) is 4.63. The summed E-state index contributed by atoms with van der Waals surface area (Å²) in [7, 11) is -3.75. The number of carbonyl (C=O) groups is 3. The van der Waals surface area contributed by atoms with Gasteiger partial charge in [0.25, 0.3) is 5.91 Å². The summed E-state index contributed by atoms with van der Waals surface area (Å²) in [4.78, 5) is 58.0. The predicted octanol–water partition coefficient (Wildman–Crippen LogP) is 6.96. The number of halogens is 3. The van der Waals surface area contributed by atoms with Gasteiger partial charge in [-0.25, -0.2) is 26.8 Å². The number of fused-ring (bicyclic) bond motifs is 2. The molecule has 1 saturated carbocycles. The lowest BCUT2D eigenvalue weighted by Gasteiger charge is -2.47. The highest BCUT2D eigenvalue weighted by molar-refractivity contribution is 7.91. The van der Waals surface area contributed by atoms with E-state index in [1.165, 1.54) is 4.90 Å². The van der Waals surface area contributed by atoms with Crippen molar-refractivity contribution in [2.24, 2.45) is 0 Å². The number of aromatic nitrogens is 1. The Morgan fingerprint density at radius 2 is 1.40 bits per heavy atom. The zero-order chi connectivity index (χ0) is 50.4. The molecule has 6 rings (SSSR count). The summed E-state index contributed by atoms with van der Waals surface area (Å²) in [5, 5.41) is 33.5. The molecular formula is C46H58ClF2N5O15S. The van der Waals surface area contributed by atoms with E-state index < -0.39 is 73.3 Å². The molecule has 0 spiro atoms. The van der Waals surface area contributed by atoms with Crippen LogP contribution in [0.1, 0.15) is 85.7 Å². The average Bonchev–Trinajstić information content (AvgIpc) is 4.16. The molecule has 1 aliphatic carbocycles. The van der Waals surface area contributed by atoms with Gasteiger partial charge >= 0.3 is 12.2 Å². The molecule has 3 aliphatic rings. The van der Waals surface area contributed by atoms with Crippen LogP contribution < -0.4 is 4.74 Å². The van der Waals surface area contributed by atoms with Crippen LogP contribution >= 0.6 is 11.6 Å². The highest BCUT2D eigenvalue weighted by atomic mass is 35.5. The Morgan fingerprint density at radius 3 is 2.06 bits per heavy atom. The van der Waals surface area contributed by atoms with E-state index in [-0.39, 0.29) is 75.7 Å². The van der Waals surface area contributed by atoms with Gasteiger partial charge in [-0.2, -0.15) is 0 Å². The third-order valence-corrected chi connectivity index (χ3v) is 14.1. The number of nitrogens with zero attached hydrogens (tertiary/aromatic N) is 5. The topological polar surface area (TPSA) is 247 Å². The fraction of sp³-hybridized carbons (Fsp3) is 0.522. The van der Waals surface area contributed by atoms with E-state index in [9.17, 15) is 26.8 Å². The Hall–Kier alpha value is -5.08. The summed E-state index contributed by atoms with van der Waals surface area (Å²) in [5.41, 5.74) is 4.65. The van der Waals surface area contributed by atoms with E-state index in [1.807, 2.05) is 37.3 Å². The maximum absolute atomic E-state index is 15.3. The Kier molecular flexibility index (Phi) is 20.0. The number of unbranched alkanes of at least 4 members (excludes halogenated alkanes) is 2. The van der Waals surface area contributed by atoms with Crippen molar-refractivity contribution in [1.29, 1.82) is 0 Å². The van der Waals surface area contributed by atoms with Crippen molar-refractivity contribution in [3.63, 3.8) is 0 Å². The standard InChI is InChI=1S/C46H58ClF2N5O15S/c1-30-33(18-19-50-39(30)9-7-23-67-46(57)66-21-3-5-25-69-54(60)61)27-51(34-14-15-34)44(55)41-36(32-12-10-31(11-13-32)8-6-22-64-43-38(49)17-16-37(48)42(43)47)26-35-28-70(62,63)29-40(41)52(35)45(56)65-20-2-4-24-68-53(58)59/h10-13,16-19,34-35,40,58-61H,2-9,14-15,20-29H2,1H3. The molecule has 2 aromatic carbocycles. The second-order valence-electron chi connectivity index (χ2n) is 17.0. The van der Waals surface area contributed by atoms with Crippen molar-refractivity contribution in [2.75, 3.05) is 51.1 Å². The van der Waals surface area contributed by atoms with E-state index in [0.717, 1.165) is 34.5 Å². The summed E-state index contributed by atoms with van der Waals surface area (Å²) < 4.78 is 76.7. The number of sulfone groups is 1. The molecule has 0 radical (unpaired) electrons. The first-order valence-electron chi connectivity index (χ1n) is 22.9. The van der Waals surface area contributed by atoms with Gasteiger partial charge in [0.05, 0.1) is 74.0 Å². The molecule has 2 amide bonds. The molecule has 2 fully saturated rings. The molecule has 4 N–H and O–H groups in total. The first-order valence-corrected chi connectivity index (χ1v) is 25.1. The van der Waals surface area contributed by atoms with Crippen molar-refractivity contribution >= 4 is 45.2 Å². The third-order valence-electron chi connectivity index (χ3n) is 12.0. The largest absolute Gasteiger partial charge is 0.508 e. The van der Waals surface area contributed by atoms with E-state index in [1.54, 1.807) is 11.1 Å². The van der Waals surface area contributed by atoms with Crippen molar-refractivity contribution in [3.8, 4) is 5.75 Å². The van der Waals surface area contributed by atoms with Crippen molar-refractivity contribution in [3.05, 3.63) is 98.8 Å².